The van der Waals surface area contributed by atoms with E-state index in [1.165, 1.54) is 0 Å². The lowest BCUT2D eigenvalue weighted by Crippen LogP contribution is -2.08. The van der Waals surface area contributed by atoms with Gasteiger partial charge in [-0.05, 0) is 24.3 Å². The highest BCUT2D eigenvalue weighted by Crippen LogP contribution is 2.21. The largest absolute Gasteiger partial charge is 0.355 e. The van der Waals surface area contributed by atoms with Gasteiger partial charge in [0.05, 0.1) is 0 Å². The summed E-state index contributed by atoms with van der Waals surface area (Å²) in [4.78, 5) is 4.03. The lowest BCUT2D eigenvalue weighted by atomic mass is 10.3. The van der Waals surface area contributed by atoms with Crippen molar-refractivity contribution < 1.29 is 0 Å². The predicted octanol–water partition coefficient (Wildman–Crippen LogP) is 2.87. The predicted molar refractivity (Wildman–Crippen MR) is 69.5 cm³/mol. The molecule has 1 heterocycles. The summed E-state index contributed by atoms with van der Waals surface area (Å²) in [6, 6.07) is 11.6. The van der Waals surface area contributed by atoms with Crippen molar-refractivity contribution in [2.45, 2.75) is 0 Å². The summed E-state index contributed by atoms with van der Waals surface area (Å²) in [5.41, 5.74) is 4.44. The zero-order valence-electron chi connectivity index (χ0n) is 8.44. The number of nitrogen functional groups attached to an aromatic ring is 1. The number of pyridine rings is 1. The molecule has 0 aliphatic carbocycles. The minimum Gasteiger partial charge on any atom is -0.355 e. The molecule has 0 aliphatic heterocycles. The average molecular weight is 279 g/mol. The van der Waals surface area contributed by atoms with Crippen LogP contribution in [0.3, 0.4) is 0 Å². The molecule has 1 aromatic carbocycles. The SMILES string of the molecule is NNc1cc(Nc2cccc(Br)c2)ccn1. The Hall–Kier alpha value is -1.59. The maximum atomic E-state index is 5.29. The van der Waals surface area contributed by atoms with Crippen molar-refractivity contribution >= 4 is 33.1 Å². The fourth-order valence-corrected chi connectivity index (χ4v) is 1.72. The van der Waals surface area contributed by atoms with Crippen molar-refractivity contribution in [2.75, 3.05) is 10.7 Å². The van der Waals surface area contributed by atoms with Crippen LogP contribution < -0.4 is 16.6 Å². The first-order valence-electron chi connectivity index (χ1n) is 4.73. The fourth-order valence-electron chi connectivity index (χ4n) is 1.32. The van der Waals surface area contributed by atoms with E-state index < -0.39 is 0 Å². The second kappa shape index (κ2) is 4.96. The molecule has 0 unspecified atom stereocenters. The smallest absolute Gasteiger partial charge is 0.141 e. The van der Waals surface area contributed by atoms with Crippen LogP contribution in [0.15, 0.2) is 47.1 Å². The van der Waals surface area contributed by atoms with Gasteiger partial charge in [-0.15, -0.1) is 0 Å². The van der Waals surface area contributed by atoms with E-state index in [2.05, 4.69) is 31.7 Å². The van der Waals surface area contributed by atoms with Crippen LogP contribution in [0.4, 0.5) is 17.2 Å². The lowest BCUT2D eigenvalue weighted by molar-refractivity contribution is 1.23. The van der Waals surface area contributed by atoms with Gasteiger partial charge in [-0.1, -0.05) is 22.0 Å². The number of nitrogens with one attached hydrogen (secondary N) is 2. The Morgan fingerprint density at radius 3 is 2.69 bits per heavy atom. The molecule has 0 aliphatic rings. The molecule has 16 heavy (non-hydrogen) atoms. The first kappa shape index (κ1) is 10.9. The van der Waals surface area contributed by atoms with Crippen LogP contribution in [0.2, 0.25) is 0 Å². The molecule has 0 spiro atoms. The normalized spacial score (nSPS) is 9.88. The van der Waals surface area contributed by atoms with Gasteiger partial charge in [-0.25, -0.2) is 10.8 Å². The van der Waals surface area contributed by atoms with E-state index in [-0.39, 0.29) is 0 Å². The van der Waals surface area contributed by atoms with E-state index in [9.17, 15) is 0 Å². The minimum absolute atomic E-state index is 0.625. The van der Waals surface area contributed by atoms with Gasteiger partial charge in [0.15, 0.2) is 0 Å². The van der Waals surface area contributed by atoms with Crippen LogP contribution in [0.1, 0.15) is 0 Å². The van der Waals surface area contributed by atoms with Crippen molar-refractivity contribution in [2.24, 2.45) is 5.84 Å². The van der Waals surface area contributed by atoms with Gasteiger partial charge in [0.2, 0.25) is 0 Å². The molecule has 5 heteroatoms. The quantitative estimate of drug-likeness (QED) is 0.597. The minimum atomic E-state index is 0.625. The number of aromatic nitrogens is 1. The standard InChI is InChI=1S/C11H11BrN4/c12-8-2-1-3-9(6-8)15-10-4-5-14-11(7-10)16-13/h1-7H,13H2,(H2,14,15,16). The molecule has 2 aromatic rings. The molecule has 1 aromatic heterocycles. The third-order valence-corrected chi connectivity index (χ3v) is 2.51. The van der Waals surface area contributed by atoms with Crippen LogP contribution in [0.25, 0.3) is 0 Å². The Labute approximate surface area is 102 Å². The molecular weight excluding hydrogens is 268 g/mol. The number of hydrogen-bond acceptors (Lipinski definition) is 4. The number of nitrogens with zero attached hydrogens (tertiary/aromatic N) is 1. The molecule has 82 valence electrons. The van der Waals surface area contributed by atoms with Crippen molar-refractivity contribution in [3.8, 4) is 0 Å². The molecule has 0 atom stereocenters. The van der Waals surface area contributed by atoms with Crippen molar-refractivity contribution in [1.29, 1.82) is 0 Å². The molecule has 0 saturated heterocycles. The number of halogens is 1. The molecule has 2 rings (SSSR count). The second-order valence-corrected chi connectivity index (χ2v) is 4.13. The summed E-state index contributed by atoms with van der Waals surface area (Å²) >= 11 is 3.42. The van der Waals surface area contributed by atoms with E-state index in [1.54, 1.807) is 6.20 Å². The highest BCUT2D eigenvalue weighted by molar-refractivity contribution is 9.10. The highest BCUT2D eigenvalue weighted by atomic mass is 79.9. The Kier molecular flexibility index (Phi) is 3.38. The van der Waals surface area contributed by atoms with Gasteiger partial charge in [0.25, 0.3) is 0 Å². The Morgan fingerprint density at radius 1 is 1.12 bits per heavy atom. The fraction of sp³-hybridized carbons (Fsp3) is 0. The second-order valence-electron chi connectivity index (χ2n) is 3.21. The molecule has 4 nitrogen and oxygen atoms in total. The zero-order chi connectivity index (χ0) is 11.4. The third-order valence-electron chi connectivity index (χ3n) is 2.02. The van der Waals surface area contributed by atoms with Gasteiger partial charge in [-0.2, -0.15) is 0 Å². The molecule has 0 radical (unpaired) electrons. The summed E-state index contributed by atoms with van der Waals surface area (Å²) in [5.74, 6) is 5.91. The van der Waals surface area contributed by atoms with E-state index >= 15 is 0 Å². The topological polar surface area (TPSA) is 63.0 Å². The van der Waals surface area contributed by atoms with Gasteiger partial charge in [-0.3, -0.25) is 0 Å². The molecule has 4 N–H and O–H groups in total. The van der Waals surface area contributed by atoms with Crippen molar-refractivity contribution in [3.63, 3.8) is 0 Å². The van der Waals surface area contributed by atoms with Crippen LogP contribution in [-0.2, 0) is 0 Å². The zero-order valence-corrected chi connectivity index (χ0v) is 10.0. The molecule has 0 amide bonds. The van der Waals surface area contributed by atoms with Crippen molar-refractivity contribution in [1.82, 2.24) is 4.98 Å². The monoisotopic (exact) mass is 278 g/mol. The van der Waals surface area contributed by atoms with Crippen LogP contribution in [0, 0.1) is 0 Å². The van der Waals surface area contributed by atoms with E-state index in [1.807, 2.05) is 36.4 Å². The van der Waals surface area contributed by atoms with E-state index in [4.69, 9.17) is 5.84 Å². The van der Waals surface area contributed by atoms with Gasteiger partial charge in [0.1, 0.15) is 5.82 Å². The summed E-state index contributed by atoms with van der Waals surface area (Å²) in [6.45, 7) is 0. The molecule has 0 saturated carbocycles. The van der Waals surface area contributed by atoms with Crippen molar-refractivity contribution in [3.05, 3.63) is 47.1 Å². The Balaban J connectivity index is 2.20. The highest BCUT2D eigenvalue weighted by Gasteiger charge is 1.97. The summed E-state index contributed by atoms with van der Waals surface area (Å²) in [5, 5.41) is 3.25. The number of anilines is 3. The maximum absolute atomic E-state index is 5.29. The van der Waals surface area contributed by atoms with Gasteiger partial charge in [0, 0.05) is 28.1 Å². The molecule has 0 bridgehead atoms. The van der Waals surface area contributed by atoms with Crippen LogP contribution >= 0.6 is 15.9 Å². The third kappa shape index (κ3) is 2.71. The number of nitrogens with two attached hydrogens (primary N) is 1. The average Bonchev–Trinajstić information content (AvgIpc) is 2.29. The van der Waals surface area contributed by atoms with Crippen LogP contribution in [-0.4, -0.2) is 4.98 Å². The summed E-state index contributed by atoms with van der Waals surface area (Å²) in [6.07, 6.45) is 1.69. The number of hydrazine groups is 1. The first-order chi connectivity index (χ1) is 7.78. The Bertz CT molecular complexity index is 487. The molecular formula is C11H11BrN4. The number of hydrogen-bond donors (Lipinski definition) is 3. The van der Waals surface area contributed by atoms with E-state index in [0.717, 1.165) is 15.8 Å². The Morgan fingerprint density at radius 2 is 1.94 bits per heavy atom. The molecule has 0 fully saturated rings. The summed E-state index contributed by atoms with van der Waals surface area (Å²) < 4.78 is 1.03. The number of rotatable bonds is 3. The first-order valence-corrected chi connectivity index (χ1v) is 5.52. The maximum Gasteiger partial charge on any atom is 0.141 e. The van der Waals surface area contributed by atoms with Gasteiger partial charge >= 0.3 is 0 Å². The number of benzene rings is 1. The lowest BCUT2D eigenvalue weighted by Gasteiger charge is -2.07. The van der Waals surface area contributed by atoms with Crippen LogP contribution in [0.5, 0.6) is 0 Å². The summed E-state index contributed by atoms with van der Waals surface area (Å²) in [7, 11) is 0. The van der Waals surface area contributed by atoms with Gasteiger partial charge < -0.3 is 10.7 Å². The van der Waals surface area contributed by atoms with E-state index in [0.29, 0.717) is 5.82 Å².